The second kappa shape index (κ2) is 7.03. The van der Waals surface area contributed by atoms with Crippen molar-refractivity contribution < 1.29 is 13.6 Å². The fourth-order valence-corrected chi connectivity index (χ4v) is 3.19. The van der Waals surface area contributed by atoms with Gasteiger partial charge in [-0.25, -0.2) is 4.39 Å². The first-order valence-electron chi connectivity index (χ1n) is 8.55. The summed E-state index contributed by atoms with van der Waals surface area (Å²) in [4.78, 5) is 19.0. The summed E-state index contributed by atoms with van der Waals surface area (Å²) in [6.45, 7) is 0. The van der Waals surface area contributed by atoms with Crippen LogP contribution in [0.2, 0.25) is 0 Å². The summed E-state index contributed by atoms with van der Waals surface area (Å²) in [6, 6.07) is 20.3. The fourth-order valence-electron chi connectivity index (χ4n) is 3.19. The highest BCUT2D eigenvalue weighted by Gasteiger charge is 2.27. The molecule has 0 unspecified atom stereocenters. The van der Waals surface area contributed by atoms with E-state index in [0.717, 1.165) is 5.39 Å². The predicted octanol–water partition coefficient (Wildman–Crippen LogP) is 4.83. The van der Waals surface area contributed by atoms with Crippen molar-refractivity contribution in [2.24, 2.45) is 0 Å². The summed E-state index contributed by atoms with van der Waals surface area (Å²) in [5.74, 6) is -0.430. The molecule has 1 amide bonds. The highest BCUT2D eigenvalue weighted by molar-refractivity contribution is 5.96. The summed E-state index contributed by atoms with van der Waals surface area (Å²) in [5.41, 5.74) is 1.94. The van der Waals surface area contributed by atoms with Gasteiger partial charge in [0.05, 0.1) is 11.7 Å². The van der Waals surface area contributed by atoms with Crippen molar-refractivity contribution in [2.75, 3.05) is 7.05 Å². The lowest BCUT2D eigenvalue weighted by molar-refractivity contribution is 0.0722. The molecule has 0 aliphatic rings. The Kier molecular flexibility index (Phi) is 4.42. The number of rotatable bonds is 4. The number of fused-ring (bicyclic) bond motifs is 1. The van der Waals surface area contributed by atoms with Crippen LogP contribution in [-0.4, -0.2) is 22.8 Å². The maximum atomic E-state index is 13.8. The van der Waals surface area contributed by atoms with Crippen molar-refractivity contribution in [3.8, 4) is 0 Å². The van der Waals surface area contributed by atoms with Gasteiger partial charge < -0.3 is 9.32 Å². The van der Waals surface area contributed by atoms with Crippen molar-refractivity contribution in [1.29, 1.82) is 0 Å². The molecule has 2 aromatic heterocycles. The van der Waals surface area contributed by atoms with Crippen LogP contribution in [0.1, 0.15) is 27.9 Å². The molecule has 5 heteroatoms. The molecule has 4 nitrogen and oxygen atoms in total. The maximum absolute atomic E-state index is 13.8. The van der Waals surface area contributed by atoms with Crippen molar-refractivity contribution in [3.63, 3.8) is 0 Å². The van der Waals surface area contributed by atoms with E-state index >= 15 is 0 Å². The molecular formula is C22H17FN2O2. The van der Waals surface area contributed by atoms with Crippen LogP contribution in [-0.2, 0) is 0 Å². The summed E-state index contributed by atoms with van der Waals surface area (Å²) < 4.78 is 19.5. The molecule has 0 aliphatic carbocycles. The number of carbonyl (C=O) groups excluding carboxylic acids is 1. The minimum Gasteiger partial charge on any atom is -0.451 e. The van der Waals surface area contributed by atoms with Gasteiger partial charge in [-0.05, 0) is 42.0 Å². The first-order chi connectivity index (χ1) is 13.1. The van der Waals surface area contributed by atoms with Gasteiger partial charge in [0.1, 0.15) is 11.4 Å². The Hall–Kier alpha value is -3.47. The highest BCUT2D eigenvalue weighted by atomic mass is 19.1. The second-order valence-corrected chi connectivity index (χ2v) is 6.28. The van der Waals surface area contributed by atoms with Crippen LogP contribution in [0.15, 0.2) is 83.4 Å². The van der Waals surface area contributed by atoms with Gasteiger partial charge >= 0.3 is 0 Å². The normalized spacial score (nSPS) is 12.1. The Morgan fingerprint density at radius 1 is 1.04 bits per heavy atom. The molecule has 4 rings (SSSR count). The number of carbonyl (C=O) groups is 1. The van der Waals surface area contributed by atoms with E-state index in [1.54, 1.807) is 37.5 Å². The van der Waals surface area contributed by atoms with Crippen molar-refractivity contribution in [1.82, 2.24) is 9.88 Å². The molecule has 0 fully saturated rings. The number of hydrogen-bond donors (Lipinski definition) is 0. The average molecular weight is 360 g/mol. The van der Waals surface area contributed by atoms with E-state index in [2.05, 4.69) is 4.98 Å². The van der Waals surface area contributed by atoms with E-state index in [0.29, 0.717) is 16.8 Å². The maximum Gasteiger partial charge on any atom is 0.290 e. The van der Waals surface area contributed by atoms with E-state index in [4.69, 9.17) is 4.42 Å². The number of para-hydroxylation sites is 1. The average Bonchev–Trinajstić information content (AvgIpc) is 3.12. The van der Waals surface area contributed by atoms with E-state index < -0.39 is 6.04 Å². The summed E-state index contributed by atoms with van der Waals surface area (Å²) in [5, 5.41) is 0.856. The van der Waals surface area contributed by atoms with Gasteiger partial charge in [0.2, 0.25) is 0 Å². The number of halogens is 1. The van der Waals surface area contributed by atoms with E-state index in [9.17, 15) is 9.18 Å². The molecule has 0 aliphatic heterocycles. The van der Waals surface area contributed by atoms with Gasteiger partial charge in [-0.1, -0.05) is 36.4 Å². The largest absolute Gasteiger partial charge is 0.451 e. The molecule has 1 atom stereocenters. The zero-order valence-corrected chi connectivity index (χ0v) is 14.7. The number of furan rings is 1. The molecule has 0 bridgehead atoms. The number of aromatic nitrogens is 1. The van der Waals surface area contributed by atoms with Crippen LogP contribution in [0.5, 0.6) is 0 Å². The molecule has 134 valence electrons. The second-order valence-electron chi connectivity index (χ2n) is 6.28. The molecule has 0 spiro atoms. The topological polar surface area (TPSA) is 46.3 Å². The first kappa shape index (κ1) is 17.0. The Balaban J connectivity index is 1.75. The van der Waals surface area contributed by atoms with Crippen LogP contribution in [0.3, 0.4) is 0 Å². The highest BCUT2D eigenvalue weighted by Crippen LogP contribution is 2.29. The fraction of sp³-hybridized carbons (Fsp3) is 0.0909. The van der Waals surface area contributed by atoms with Gasteiger partial charge in [-0.15, -0.1) is 0 Å². The molecule has 27 heavy (non-hydrogen) atoms. The third kappa shape index (κ3) is 3.31. The SMILES string of the molecule is CN(C(=O)c1cc2ccccc2o1)[C@@H](c1cccc(F)c1)c1ccccn1. The monoisotopic (exact) mass is 360 g/mol. The van der Waals surface area contributed by atoms with Crippen LogP contribution in [0.25, 0.3) is 11.0 Å². The Morgan fingerprint density at radius 2 is 1.85 bits per heavy atom. The molecule has 4 aromatic rings. The molecule has 2 heterocycles. The molecule has 0 N–H and O–H groups in total. The molecule has 0 radical (unpaired) electrons. The van der Waals surface area contributed by atoms with E-state index in [-0.39, 0.29) is 17.5 Å². The van der Waals surface area contributed by atoms with Crippen LogP contribution in [0.4, 0.5) is 4.39 Å². The Morgan fingerprint density at radius 3 is 2.59 bits per heavy atom. The minimum absolute atomic E-state index is 0.232. The van der Waals surface area contributed by atoms with Gasteiger partial charge in [-0.2, -0.15) is 0 Å². The minimum atomic E-state index is -0.539. The van der Waals surface area contributed by atoms with Crippen LogP contribution >= 0.6 is 0 Å². The van der Waals surface area contributed by atoms with Gasteiger partial charge in [0.15, 0.2) is 5.76 Å². The lowest BCUT2D eigenvalue weighted by Gasteiger charge is -2.27. The van der Waals surface area contributed by atoms with E-state index in [1.165, 1.54) is 17.0 Å². The summed E-state index contributed by atoms with van der Waals surface area (Å²) in [6.07, 6.45) is 1.65. The molecule has 2 aromatic carbocycles. The number of nitrogens with zero attached hydrogens (tertiary/aromatic N) is 2. The third-order valence-electron chi connectivity index (χ3n) is 4.48. The van der Waals surface area contributed by atoms with Gasteiger partial charge in [-0.3, -0.25) is 9.78 Å². The predicted molar refractivity (Wildman–Crippen MR) is 101 cm³/mol. The zero-order chi connectivity index (χ0) is 18.8. The number of benzene rings is 2. The van der Waals surface area contributed by atoms with Crippen LogP contribution in [0, 0.1) is 5.82 Å². The zero-order valence-electron chi connectivity index (χ0n) is 14.7. The number of amides is 1. The van der Waals surface area contributed by atoms with Crippen molar-refractivity contribution in [3.05, 3.63) is 102 Å². The van der Waals surface area contributed by atoms with Crippen LogP contribution < -0.4 is 0 Å². The Labute approximate surface area is 155 Å². The Bertz CT molecular complexity index is 1060. The van der Waals surface area contributed by atoms with Gasteiger partial charge in [0.25, 0.3) is 5.91 Å². The standard InChI is InChI=1S/C22H17FN2O2/c1-25(22(26)20-14-15-7-2-3-11-19(15)27-20)21(18-10-4-5-12-24-18)16-8-6-9-17(23)13-16/h2-14,21H,1H3/t21-/m0/s1. The molecular weight excluding hydrogens is 343 g/mol. The summed E-state index contributed by atoms with van der Waals surface area (Å²) in [7, 11) is 1.67. The van der Waals surface area contributed by atoms with Gasteiger partial charge in [0, 0.05) is 18.6 Å². The lowest BCUT2D eigenvalue weighted by Crippen LogP contribution is -2.32. The van der Waals surface area contributed by atoms with Crippen molar-refractivity contribution >= 4 is 16.9 Å². The first-order valence-corrected chi connectivity index (χ1v) is 8.55. The quantitative estimate of drug-likeness (QED) is 0.524. The lowest BCUT2D eigenvalue weighted by atomic mass is 10.0. The third-order valence-corrected chi connectivity index (χ3v) is 4.48. The van der Waals surface area contributed by atoms with Crippen molar-refractivity contribution in [2.45, 2.75) is 6.04 Å². The van der Waals surface area contributed by atoms with E-state index in [1.807, 2.05) is 36.4 Å². The summed E-state index contributed by atoms with van der Waals surface area (Å²) >= 11 is 0. The molecule has 0 saturated carbocycles. The molecule has 0 saturated heterocycles. The number of hydrogen-bond acceptors (Lipinski definition) is 3. The number of pyridine rings is 1. The smallest absolute Gasteiger partial charge is 0.290 e.